The van der Waals surface area contributed by atoms with Crippen LogP contribution in [0.5, 0.6) is 0 Å². The molecule has 5 nitrogen and oxygen atoms in total. The molecular weight excluding hydrogens is 311 g/mol. The second-order valence-corrected chi connectivity index (χ2v) is 5.41. The summed E-state index contributed by atoms with van der Waals surface area (Å²) in [5, 5.41) is 9.66. The lowest BCUT2D eigenvalue weighted by atomic mass is 9.98. The van der Waals surface area contributed by atoms with Gasteiger partial charge in [-0.05, 0) is 24.3 Å². The molecule has 0 atom stereocenters. The van der Waals surface area contributed by atoms with E-state index in [1.807, 2.05) is 0 Å². The van der Waals surface area contributed by atoms with Crippen molar-refractivity contribution in [1.82, 2.24) is 4.98 Å². The summed E-state index contributed by atoms with van der Waals surface area (Å²) in [4.78, 5) is 17.8. The van der Waals surface area contributed by atoms with E-state index in [4.69, 9.17) is 4.42 Å². The van der Waals surface area contributed by atoms with E-state index in [2.05, 4.69) is 4.98 Å². The van der Waals surface area contributed by atoms with Crippen LogP contribution in [0.3, 0.4) is 0 Å². The highest BCUT2D eigenvalue weighted by molar-refractivity contribution is 6.02. The van der Waals surface area contributed by atoms with E-state index in [1.54, 1.807) is 49.3 Å². The molecule has 2 heterocycles. The van der Waals surface area contributed by atoms with Crippen molar-refractivity contribution < 1.29 is 18.7 Å². The van der Waals surface area contributed by atoms with Gasteiger partial charge < -0.3 is 14.4 Å². The van der Waals surface area contributed by atoms with E-state index in [-0.39, 0.29) is 22.5 Å². The zero-order chi connectivity index (χ0) is 17.3. The fourth-order valence-electron chi connectivity index (χ4n) is 2.51. The number of halogens is 1. The molecule has 24 heavy (non-hydrogen) atoms. The average molecular weight is 326 g/mol. The van der Waals surface area contributed by atoms with E-state index in [1.165, 1.54) is 18.4 Å². The summed E-state index contributed by atoms with van der Waals surface area (Å²) in [6, 6.07) is 11.0. The van der Waals surface area contributed by atoms with Crippen LogP contribution in [0.25, 0.3) is 22.6 Å². The minimum Gasteiger partial charge on any atom is -0.478 e. The Morgan fingerprint density at radius 1 is 1.17 bits per heavy atom. The number of hydrogen-bond donors (Lipinski definition) is 1. The third-order valence-electron chi connectivity index (χ3n) is 3.58. The molecule has 0 aliphatic rings. The van der Waals surface area contributed by atoms with Crippen molar-refractivity contribution in [2.24, 2.45) is 0 Å². The number of aromatic carboxylic acids is 1. The number of pyridine rings is 1. The van der Waals surface area contributed by atoms with Gasteiger partial charge in [-0.2, -0.15) is 0 Å². The quantitative estimate of drug-likeness (QED) is 0.787. The second kappa shape index (κ2) is 6.16. The molecule has 0 unspecified atom stereocenters. The SMILES string of the molecule is CN(C)c1nc(-c2ccco2)cc(-c2ccccc2F)c1C(=O)O. The van der Waals surface area contributed by atoms with Crippen molar-refractivity contribution in [1.29, 1.82) is 0 Å². The van der Waals surface area contributed by atoms with Crippen molar-refractivity contribution in [3.05, 3.63) is 60.1 Å². The van der Waals surface area contributed by atoms with Crippen LogP contribution in [0, 0.1) is 5.82 Å². The number of carboxylic acids is 1. The van der Waals surface area contributed by atoms with Gasteiger partial charge in [-0.15, -0.1) is 0 Å². The Morgan fingerprint density at radius 2 is 1.92 bits per heavy atom. The molecule has 1 aromatic carbocycles. The molecule has 0 aliphatic heterocycles. The van der Waals surface area contributed by atoms with E-state index in [0.717, 1.165) is 0 Å². The van der Waals surface area contributed by atoms with Crippen LogP contribution < -0.4 is 4.90 Å². The Labute approximate surface area is 138 Å². The molecular formula is C18H15FN2O3. The number of furan rings is 1. The molecule has 122 valence electrons. The first kappa shape index (κ1) is 15.7. The Balaban J connectivity index is 2.36. The standard InChI is InChI=1S/C18H15FN2O3/c1-21(2)17-16(18(22)23)12(11-6-3-4-7-13(11)19)10-14(20-17)15-8-5-9-24-15/h3-10H,1-2H3,(H,22,23). The molecule has 6 heteroatoms. The number of rotatable bonds is 4. The maximum absolute atomic E-state index is 14.3. The molecule has 0 saturated heterocycles. The summed E-state index contributed by atoms with van der Waals surface area (Å²) in [6.45, 7) is 0. The topological polar surface area (TPSA) is 66.6 Å². The molecule has 0 amide bonds. The van der Waals surface area contributed by atoms with Crippen molar-refractivity contribution in [2.75, 3.05) is 19.0 Å². The molecule has 0 radical (unpaired) electrons. The van der Waals surface area contributed by atoms with Gasteiger partial charge in [-0.25, -0.2) is 14.2 Å². The Hall–Kier alpha value is -3.15. The first-order valence-corrected chi connectivity index (χ1v) is 7.23. The predicted molar refractivity (Wildman–Crippen MR) is 88.6 cm³/mol. The van der Waals surface area contributed by atoms with Crippen LogP contribution in [-0.4, -0.2) is 30.2 Å². The fraction of sp³-hybridized carbons (Fsp3) is 0.111. The van der Waals surface area contributed by atoms with E-state index >= 15 is 0 Å². The minimum absolute atomic E-state index is 0.0552. The number of nitrogens with zero attached hydrogens (tertiary/aromatic N) is 2. The Bertz CT molecular complexity index is 889. The number of carboxylic acid groups (broad SMARTS) is 1. The highest BCUT2D eigenvalue weighted by Gasteiger charge is 2.23. The molecule has 2 aromatic heterocycles. The van der Waals surface area contributed by atoms with Crippen LogP contribution in [-0.2, 0) is 0 Å². The summed E-state index contributed by atoms with van der Waals surface area (Å²) in [5.74, 6) is -0.959. The van der Waals surface area contributed by atoms with Gasteiger partial charge in [0.2, 0.25) is 0 Å². The van der Waals surface area contributed by atoms with Gasteiger partial charge >= 0.3 is 5.97 Å². The molecule has 0 fully saturated rings. The van der Waals surface area contributed by atoms with Crippen molar-refractivity contribution in [3.8, 4) is 22.6 Å². The van der Waals surface area contributed by atoms with Crippen LogP contribution >= 0.6 is 0 Å². The monoisotopic (exact) mass is 326 g/mol. The zero-order valence-electron chi connectivity index (χ0n) is 13.2. The zero-order valence-corrected chi connectivity index (χ0v) is 13.2. The highest BCUT2D eigenvalue weighted by atomic mass is 19.1. The van der Waals surface area contributed by atoms with E-state index in [0.29, 0.717) is 11.5 Å². The summed E-state index contributed by atoms with van der Waals surface area (Å²) >= 11 is 0. The number of benzene rings is 1. The lowest BCUT2D eigenvalue weighted by Gasteiger charge is -2.18. The lowest BCUT2D eigenvalue weighted by Crippen LogP contribution is -2.17. The maximum atomic E-state index is 14.3. The number of hydrogen-bond acceptors (Lipinski definition) is 4. The smallest absolute Gasteiger partial charge is 0.340 e. The van der Waals surface area contributed by atoms with Gasteiger partial charge in [-0.3, -0.25) is 0 Å². The molecule has 0 spiro atoms. The lowest BCUT2D eigenvalue weighted by molar-refractivity contribution is 0.0698. The van der Waals surface area contributed by atoms with Crippen LogP contribution in [0.1, 0.15) is 10.4 Å². The minimum atomic E-state index is -1.17. The fourth-order valence-corrected chi connectivity index (χ4v) is 2.51. The number of carbonyl (C=O) groups is 1. The van der Waals surface area contributed by atoms with Gasteiger partial charge in [0.1, 0.15) is 22.9 Å². The summed E-state index contributed by atoms with van der Waals surface area (Å²) in [5.41, 5.74) is 0.839. The van der Waals surface area contributed by atoms with Gasteiger partial charge in [0.05, 0.1) is 6.26 Å². The van der Waals surface area contributed by atoms with Gasteiger partial charge in [0.25, 0.3) is 0 Å². The molecule has 3 rings (SSSR count). The van der Waals surface area contributed by atoms with Gasteiger partial charge in [0.15, 0.2) is 5.76 Å². The first-order valence-electron chi connectivity index (χ1n) is 7.23. The van der Waals surface area contributed by atoms with E-state index < -0.39 is 11.8 Å². The largest absolute Gasteiger partial charge is 0.478 e. The molecule has 3 aromatic rings. The predicted octanol–water partition coefficient (Wildman–Crippen LogP) is 3.91. The third kappa shape index (κ3) is 2.74. The summed E-state index contributed by atoms with van der Waals surface area (Å²) in [7, 11) is 3.37. The van der Waals surface area contributed by atoms with Crippen LogP contribution in [0.2, 0.25) is 0 Å². The van der Waals surface area contributed by atoms with Gasteiger partial charge in [-0.1, -0.05) is 18.2 Å². The van der Waals surface area contributed by atoms with Gasteiger partial charge in [0, 0.05) is 25.2 Å². The maximum Gasteiger partial charge on any atom is 0.340 e. The normalized spacial score (nSPS) is 10.6. The second-order valence-electron chi connectivity index (χ2n) is 5.41. The first-order chi connectivity index (χ1) is 11.5. The number of anilines is 1. The summed E-state index contributed by atoms with van der Waals surface area (Å²) in [6.07, 6.45) is 1.50. The van der Waals surface area contributed by atoms with Crippen LogP contribution in [0.4, 0.5) is 10.2 Å². The Kier molecular flexibility index (Phi) is 4.04. The summed E-state index contributed by atoms with van der Waals surface area (Å²) < 4.78 is 19.6. The molecule has 0 saturated carbocycles. The molecule has 0 aliphatic carbocycles. The molecule has 1 N–H and O–H groups in total. The third-order valence-corrected chi connectivity index (χ3v) is 3.58. The average Bonchev–Trinajstić information content (AvgIpc) is 3.08. The number of aromatic nitrogens is 1. The molecule has 0 bridgehead atoms. The van der Waals surface area contributed by atoms with E-state index in [9.17, 15) is 14.3 Å². The Morgan fingerprint density at radius 3 is 2.50 bits per heavy atom. The van der Waals surface area contributed by atoms with Crippen molar-refractivity contribution >= 4 is 11.8 Å². The van der Waals surface area contributed by atoms with Crippen LogP contribution in [0.15, 0.2) is 53.1 Å². The van der Waals surface area contributed by atoms with Crippen molar-refractivity contribution in [3.63, 3.8) is 0 Å². The highest BCUT2D eigenvalue weighted by Crippen LogP contribution is 2.35. The van der Waals surface area contributed by atoms with Crippen molar-refractivity contribution in [2.45, 2.75) is 0 Å².